The highest BCUT2D eigenvalue weighted by Crippen LogP contribution is 2.40. The Kier molecular flexibility index (Phi) is 5.88. The van der Waals surface area contributed by atoms with E-state index in [4.69, 9.17) is 9.47 Å². The Balaban J connectivity index is 1.89. The molecule has 0 fully saturated rings. The van der Waals surface area contributed by atoms with Gasteiger partial charge in [-0.2, -0.15) is 13.2 Å². The molecule has 2 aromatic carbocycles. The number of carbonyl (C=O) groups is 1. The number of aryl methyl sites for hydroxylation is 1. The van der Waals surface area contributed by atoms with Crippen LogP contribution >= 0.6 is 15.9 Å². The van der Waals surface area contributed by atoms with E-state index in [9.17, 15) is 18.0 Å². The third kappa shape index (κ3) is 4.43. The zero-order chi connectivity index (χ0) is 20.5. The summed E-state index contributed by atoms with van der Waals surface area (Å²) in [5, 5.41) is 0. The fourth-order valence-corrected chi connectivity index (χ4v) is 3.70. The topological polar surface area (TPSA) is 38.8 Å². The lowest BCUT2D eigenvalue weighted by Crippen LogP contribution is -2.44. The first-order valence-corrected chi connectivity index (χ1v) is 9.43. The second-order valence-corrected chi connectivity index (χ2v) is 7.66. The maximum atomic E-state index is 12.8. The van der Waals surface area contributed by atoms with Crippen molar-refractivity contribution in [1.29, 1.82) is 0 Å². The summed E-state index contributed by atoms with van der Waals surface area (Å²) < 4.78 is 51.1. The van der Waals surface area contributed by atoms with Crippen LogP contribution in [0.2, 0.25) is 0 Å². The molecule has 0 radical (unpaired) electrons. The van der Waals surface area contributed by atoms with Gasteiger partial charge in [-0.1, -0.05) is 34.1 Å². The van der Waals surface area contributed by atoms with E-state index < -0.39 is 24.1 Å². The highest BCUT2D eigenvalue weighted by Gasteiger charge is 2.43. The molecule has 4 nitrogen and oxygen atoms in total. The number of carbonyl (C=O) groups excluding carboxylic acids is 1. The monoisotopic (exact) mass is 457 g/mol. The molecule has 1 heterocycles. The van der Waals surface area contributed by atoms with Gasteiger partial charge in [-0.15, -0.1) is 0 Å². The molecule has 1 amide bonds. The Morgan fingerprint density at radius 3 is 2.68 bits per heavy atom. The van der Waals surface area contributed by atoms with Crippen molar-refractivity contribution < 1.29 is 27.4 Å². The van der Waals surface area contributed by atoms with Gasteiger partial charge in [0.1, 0.15) is 17.6 Å². The Bertz CT molecular complexity index is 872. The average Bonchev–Trinajstić information content (AvgIpc) is 2.64. The fraction of sp³-hybridized carbons (Fsp3) is 0.350. The van der Waals surface area contributed by atoms with E-state index in [0.717, 1.165) is 22.6 Å². The third-order valence-corrected chi connectivity index (χ3v) is 5.09. The normalized spacial score (nSPS) is 18.8. The second-order valence-electron chi connectivity index (χ2n) is 6.74. The number of halogens is 4. The van der Waals surface area contributed by atoms with Crippen LogP contribution in [0.3, 0.4) is 0 Å². The van der Waals surface area contributed by atoms with Crippen LogP contribution in [0, 0.1) is 12.8 Å². The fourth-order valence-electron chi connectivity index (χ4n) is 3.23. The molecule has 0 bridgehead atoms. The SMILES string of the molecule is Cc1cc(Br)ccc1O[C@H]1c2ccccc2OC[C@H]1CN(C)C(=O)C(F)(F)F. The third-order valence-electron chi connectivity index (χ3n) is 4.60. The molecule has 0 aliphatic carbocycles. The lowest BCUT2D eigenvalue weighted by molar-refractivity contribution is -0.185. The second kappa shape index (κ2) is 8.03. The van der Waals surface area contributed by atoms with Gasteiger partial charge in [0.05, 0.1) is 12.5 Å². The lowest BCUT2D eigenvalue weighted by atomic mass is 9.92. The Hall–Kier alpha value is -2.22. The van der Waals surface area contributed by atoms with E-state index in [1.807, 2.05) is 37.3 Å². The van der Waals surface area contributed by atoms with E-state index >= 15 is 0 Å². The number of alkyl halides is 3. The molecule has 0 unspecified atom stereocenters. The highest BCUT2D eigenvalue weighted by molar-refractivity contribution is 9.10. The Morgan fingerprint density at radius 1 is 1.29 bits per heavy atom. The highest BCUT2D eigenvalue weighted by atomic mass is 79.9. The summed E-state index contributed by atoms with van der Waals surface area (Å²) in [7, 11) is 1.14. The van der Waals surface area contributed by atoms with E-state index in [-0.39, 0.29) is 13.2 Å². The van der Waals surface area contributed by atoms with Crippen LogP contribution < -0.4 is 9.47 Å². The molecule has 28 heavy (non-hydrogen) atoms. The number of benzene rings is 2. The molecule has 2 atom stereocenters. The number of amides is 1. The predicted molar refractivity (Wildman–Crippen MR) is 101 cm³/mol. The minimum Gasteiger partial charge on any atom is -0.493 e. The molecular weight excluding hydrogens is 439 g/mol. The minimum atomic E-state index is -4.92. The van der Waals surface area contributed by atoms with Gasteiger partial charge >= 0.3 is 12.1 Å². The molecule has 3 rings (SSSR count). The first-order valence-electron chi connectivity index (χ1n) is 8.63. The predicted octanol–water partition coefficient (Wildman–Crippen LogP) is 4.91. The first-order chi connectivity index (χ1) is 13.2. The number of fused-ring (bicyclic) bond motifs is 1. The zero-order valence-corrected chi connectivity index (χ0v) is 16.9. The summed E-state index contributed by atoms with van der Waals surface area (Å²) in [6, 6.07) is 12.8. The van der Waals surface area contributed by atoms with Crippen LogP contribution in [0.4, 0.5) is 13.2 Å². The van der Waals surface area contributed by atoms with Gasteiger partial charge in [0, 0.05) is 23.6 Å². The van der Waals surface area contributed by atoms with Gasteiger partial charge in [0.25, 0.3) is 0 Å². The Morgan fingerprint density at radius 2 is 2.00 bits per heavy atom. The molecule has 0 N–H and O–H groups in total. The first kappa shape index (κ1) is 20.5. The van der Waals surface area contributed by atoms with Crippen LogP contribution in [0.1, 0.15) is 17.2 Å². The van der Waals surface area contributed by atoms with Crippen LogP contribution in [0.5, 0.6) is 11.5 Å². The molecule has 1 aliphatic rings. The number of rotatable bonds is 4. The van der Waals surface area contributed by atoms with Crippen LogP contribution in [-0.2, 0) is 4.79 Å². The van der Waals surface area contributed by atoms with E-state index in [2.05, 4.69) is 15.9 Å². The summed E-state index contributed by atoms with van der Waals surface area (Å²) in [5.74, 6) is -1.10. The molecule has 0 saturated heterocycles. The van der Waals surface area contributed by atoms with Crippen LogP contribution in [0.25, 0.3) is 0 Å². The van der Waals surface area contributed by atoms with Crippen molar-refractivity contribution in [1.82, 2.24) is 4.90 Å². The number of hydrogen-bond acceptors (Lipinski definition) is 3. The van der Waals surface area contributed by atoms with Crippen LogP contribution in [-0.4, -0.2) is 37.2 Å². The van der Waals surface area contributed by atoms with Crippen LogP contribution in [0.15, 0.2) is 46.9 Å². The number of ether oxygens (including phenoxy) is 2. The van der Waals surface area contributed by atoms with Gasteiger partial charge in [0.2, 0.25) is 0 Å². The smallest absolute Gasteiger partial charge is 0.471 e. The number of nitrogens with zero attached hydrogens (tertiary/aromatic N) is 1. The van der Waals surface area contributed by atoms with Gasteiger partial charge in [-0.3, -0.25) is 4.79 Å². The standard InChI is InChI=1S/C20H19BrF3NO3/c1-12-9-14(21)7-8-16(12)28-18-13(10-25(2)19(26)20(22,23)24)11-27-17-6-4-3-5-15(17)18/h3-9,13,18H,10-11H2,1-2H3/t13-,18-/m1/s1. The maximum Gasteiger partial charge on any atom is 0.471 e. The summed E-state index contributed by atoms with van der Waals surface area (Å²) in [6.45, 7) is 1.89. The van der Waals surface area contributed by atoms with Crippen molar-refractivity contribution in [2.45, 2.75) is 19.2 Å². The molecule has 0 aromatic heterocycles. The molecule has 0 spiro atoms. The number of hydrogen-bond donors (Lipinski definition) is 0. The van der Waals surface area contributed by atoms with Gasteiger partial charge in [-0.25, -0.2) is 0 Å². The molecular formula is C20H19BrF3NO3. The van der Waals surface area contributed by atoms with Crippen molar-refractivity contribution in [3.8, 4) is 11.5 Å². The maximum absolute atomic E-state index is 12.8. The van der Waals surface area contributed by atoms with Gasteiger partial charge < -0.3 is 14.4 Å². The summed E-state index contributed by atoms with van der Waals surface area (Å²) >= 11 is 3.40. The van der Waals surface area contributed by atoms with Crippen molar-refractivity contribution in [2.75, 3.05) is 20.2 Å². The molecule has 150 valence electrons. The zero-order valence-electron chi connectivity index (χ0n) is 15.3. The lowest BCUT2D eigenvalue weighted by Gasteiger charge is -2.36. The summed E-state index contributed by atoms with van der Waals surface area (Å²) in [4.78, 5) is 12.2. The van der Waals surface area contributed by atoms with E-state index in [0.29, 0.717) is 16.4 Å². The minimum absolute atomic E-state index is 0.146. The van der Waals surface area contributed by atoms with Gasteiger partial charge in [-0.05, 0) is 36.8 Å². The van der Waals surface area contributed by atoms with Gasteiger partial charge in [0.15, 0.2) is 0 Å². The molecule has 1 aliphatic heterocycles. The van der Waals surface area contributed by atoms with Crippen molar-refractivity contribution in [3.05, 3.63) is 58.1 Å². The summed E-state index contributed by atoms with van der Waals surface area (Å²) in [5.41, 5.74) is 1.63. The molecule has 0 saturated carbocycles. The average molecular weight is 458 g/mol. The molecule has 2 aromatic rings. The van der Waals surface area contributed by atoms with Crippen molar-refractivity contribution in [3.63, 3.8) is 0 Å². The van der Waals surface area contributed by atoms with E-state index in [1.165, 1.54) is 0 Å². The quantitative estimate of drug-likeness (QED) is 0.654. The Labute approximate surface area is 169 Å². The molecule has 8 heteroatoms. The van der Waals surface area contributed by atoms with Crippen molar-refractivity contribution >= 4 is 21.8 Å². The number of para-hydroxylation sites is 1. The van der Waals surface area contributed by atoms with Crippen molar-refractivity contribution in [2.24, 2.45) is 5.92 Å². The largest absolute Gasteiger partial charge is 0.493 e. The summed E-state index contributed by atoms with van der Waals surface area (Å²) in [6.07, 6.45) is -5.46. The van der Waals surface area contributed by atoms with E-state index in [1.54, 1.807) is 12.1 Å².